The van der Waals surface area contributed by atoms with Crippen molar-refractivity contribution in [2.75, 3.05) is 6.61 Å². The van der Waals surface area contributed by atoms with E-state index in [1.165, 1.54) is 0 Å². The number of esters is 1. The summed E-state index contributed by atoms with van der Waals surface area (Å²) in [6.45, 7) is 0.375. The van der Waals surface area contributed by atoms with Crippen molar-refractivity contribution in [1.82, 2.24) is 0 Å². The summed E-state index contributed by atoms with van der Waals surface area (Å²) < 4.78 is 4.38. The molecule has 1 aliphatic rings. The summed E-state index contributed by atoms with van der Waals surface area (Å²) in [4.78, 5) is 10.1. The molecular weight excluding hydrogens is 96.0 g/mol. The minimum Gasteiger partial charge on any atom is -0.464 e. The van der Waals surface area contributed by atoms with Crippen molar-refractivity contribution in [2.24, 2.45) is 0 Å². The lowest BCUT2D eigenvalue weighted by Crippen LogP contribution is -2.11. The minimum atomic E-state index is -0.847. The minimum absolute atomic E-state index is 0.375. The summed E-state index contributed by atoms with van der Waals surface area (Å²) >= 11 is 0. The zero-order valence-electron chi connectivity index (χ0n) is 3.76. The third kappa shape index (κ3) is 0.718. The first-order valence-electron chi connectivity index (χ1n) is 2.15. The predicted molar refractivity (Wildman–Crippen MR) is 21.6 cm³/mol. The van der Waals surface area contributed by atoms with Crippen LogP contribution in [0.3, 0.4) is 0 Å². The number of carbonyl (C=O) groups excluding carboxylic acids is 1. The molecule has 0 saturated carbocycles. The Morgan fingerprint density at radius 2 is 2.57 bits per heavy atom. The zero-order valence-corrected chi connectivity index (χ0v) is 3.76. The fourth-order valence-electron chi connectivity index (χ4n) is 0.485. The molecule has 0 aromatic heterocycles. The lowest BCUT2D eigenvalue weighted by molar-refractivity contribution is -0.144. The molecule has 1 unspecified atom stereocenters. The van der Waals surface area contributed by atoms with Crippen LogP contribution in [0.5, 0.6) is 0 Å². The van der Waals surface area contributed by atoms with Crippen LogP contribution in [0, 0.1) is 0 Å². The van der Waals surface area contributed by atoms with E-state index >= 15 is 0 Å². The van der Waals surface area contributed by atoms with E-state index in [-0.39, 0.29) is 0 Å². The molecule has 1 saturated heterocycles. The van der Waals surface area contributed by atoms with Crippen LogP contribution in [-0.2, 0) is 9.53 Å². The van der Waals surface area contributed by atoms with Crippen molar-refractivity contribution < 1.29 is 14.6 Å². The Morgan fingerprint density at radius 1 is 1.86 bits per heavy atom. The van der Waals surface area contributed by atoms with Crippen LogP contribution in [-0.4, -0.2) is 23.8 Å². The van der Waals surface area contributed by atoms with E-state index in [1.807, 2.05) is 0 Å². The van der Waals surface area contributed by atoms with Gasteiger partial charge < -0.3 is 9.84 Å². The summed E-state index contributed by atoms with van der Waals surface area (Å²) in [5.74, 6) is -0.486. The summed E-state index contributed by atoms with van der Waals surface area (Å²) in [7, 11) is 0. The molecule has 0 radical (unpaired) electrons. The third-order valence-electron chi connectivity index (χ3n) is 0.908. The quantitative estimate of drug-likeness (QED) is 0.411. The molecule has 7 heavy (non-hydrogen) atoms. The van der Waals surface area contributed by atoms with Crippen molar-refractivity contribution in [3.8, 4) is 0 Å². The third-order valence-corrected chi connectivity index (χ3v) is 0.908. The molecule has 1 N–H and O–H groups in total. The van der Waals surface area contributed by atoms with Gasteiger partial charge in [0.2, 0.25) is 0 Å². The number of hydrogen-bond acceptors (Lipinski definition) is 3. The van der Waals surface area contributed by atoms with E-state index in [0.717, 1.165) is 0 Å². The molecule has 1 aliphatic heterocycles. The fourth-order valence-corrected chi connectivity index (χ4v) is 0.485. The molecule has 0 bridgehead atoms. The SMILES string of the molecule is O=C1OCCC1O. The Morgan fingerprint density at radius 3 is 2.71 bits per heavy atom. The van der Waals surface area contributed by atoms with E-state index in [4.69, 9.17) is 5.11 Å². The van der Waals surface area contributed by atoms with Gasteiger partial charge in [-0.3, -0.25) is 0 Å². The Hall–Kier alpha value is -0.570. The first-order valence-corrected chi connectivity index (χ1v) is 2.15. The predicted octanol–water partition coefficient (Wildman–Crippen LogP) is -0.706. The van der Waals surface area contributed by atoms with Gasteiger partial charge in [-0.05, 0) is 0 Å². The van der Waals surface area contributed by atoms with Crippen LogP contribution >= 0.6 is 0 Å². The van der Waals surface area contributed by atoms with Crippen LogP contribution in [0.2, 0.25) is 0 Å². The van der Waals surface area contributed by atoms with E-state index < -0.39 is 12.1 Å². The molecule has 40 valence electrons. The molecule has 0 amide bonds. The maximum Gasteiger partial charge on any atom is 0.335 e. The summed E-state index contributed by atoms with van der Waals surface area (Å²) in [5, 5.41) is 8.52. The second-order valence-corrected chi connectivity index (χ2v) is 1.47. The molecular formula is C4H6O3. The van der Waals surface area contributed by atoms with Gasteiger partial charge in [-0.15, -0.1) is 0 Å². The number of hydrogen-bond donors (Lipinski definition) is 1. The largest absolute Gasteiger partial charge is 0.464 e. The van der Waals surface area contributed by atoms with Crippen LogP contribution < -0.4 is 0 Å². The molecule has 0 aliphatic carbocycles. The molecule has 0 aromatic carbocycles. The van der Waals surface area contributed by atoms with Crippen molar-refractivity contribution in [3.63, 3.8) is 0 Å². The number of aliphatic hydroxyl groups is 1. The molecule has 0 spiro atoms. The van der Waals surface area contributed by atoms with E-state index in [1.54, 1.807) is 0 Å². The Bertz CT molecular complexity index is 88.9. The van der Waals surface area contributed by atoms with Crippen molar-refractivity contribution in [2.45, 2.75) is 12.5 Å². The second kappa shape index (κ2) is 1.50. The first-order chi connectivity index (χ1) is 3.30. The lowest BCUT2D eigenvalue weighted by atomic mass is 10.3. The topological polar surface area (TPSA) is 46.5 Å². The molecule has 3 nitrogen and oxygen atoms in total. The smallest absolute Gasteiger partial charge is 0.335 e. The highest BCUT2D eigenvalue weighted by atomic mass is 16.6. The summed E-state index contributed by atoms with van der Waals surface area (Å²) in [6.07, 6.45) is -0.390. The first kappa shape index (κ1) is 4.59. The number of aliphatic hydroxyl groups excluding tert-OH is 1. The maximum atomic E-state index is 10.1. The monoisotopic (exact) mass is 102 g/mol. The molecule has 3 heteroatoms. The highest BCUT2D eigenvalue weighted by Gasteiger charge is 2.22. The van der Waals surface area contributed by atoms with Crippen molar-refractivity contribution in [1.29, 1.82) is 0 Å². The number of ether oxygens (including phenoxy) is 1. The Labute approximate surface area is 40.9 Å². The van der Waals surface area contributed by atoms with Gasteiger partial charge >= 0.3 is 5.97 Å². The van der Waals surface area contributed by atoms with Gasteiger partial charge in [0.15, 0.2) is 6.10 Å². The number of rotatable bonds is 0. The normalized spacial score (nSPS) is 30.4. The molecule has 0 aromatic rings. The van der Waals surface area contributed by atoms with Crippen LogP contribution in [0.1, 0.15) is 6.42 Å². The molecule has 1 rings (SSSR count). The Balaban J connectivity index is 2.48. The highest BCUT2D eigenvalue weighted by Crippen LogP contribution is 2.03. The van der Waals surface area contributed by atoms with Gasteiger partial charge in [-0.25, -0.2) is 4.79 Å². The van der Waals surface area contributed by atoms with Crippen LogP contribution in [0.15, 0.2) is 0 Å². The van der Waals surface area contributed by atoms with E-state index in [2.05, 4.69) is 4.74 Å². The fraction of sp³-hybridized carbons (Fsp3) is 0.750. The van der Waals surface area contributed by atoms with Gasteiger partial charge in [-0.2, -0.15) is 0 Å². The molecule has 1 atom stereocenters. The van der Waals surface area contributed by atoms with Crippen molar-refractivity contribution in [3.05, 3.63) is 0 Å². The van der Waals surface area contributed by atoms with Gasteiger partial charge in [0.05, 0.1) is 6.61 Å². The molecule has 1 heterocycles. The second-order valence-electron chi connectivity index (χ2n) is 1.47. The van der Waals surface area contributed by atoms with Gasteiger partial charge in [0.1, 0.15) is 0 Å². The van der Waals surface area contributed by atoms with E-state index in [0.29, 0.717) is 13.0 Å². The number of carbonyl (C=O) groups is 1. The molecule has 1 fully saturated rings. The highest BCUT2D eigenvalue weighted by molar-refractivity contribution is 5.75. The van der Waals surface area contributed by atoms with E-state index in [9.17, 15) is 4.79 Å². The summed E-state index contributed by atoms with van der Waals surface area (Å²) in [6, 6.07) is 0. The lowest BCUT2D eigenvalue weighted by Gasteiger charge is -1.88. The Kier molecular flexibility index (Phi) is 0.982. The number of cyclic esters (lactones) is 1. The van der Waals surface area contributed by atoms with Gasteiger partial charge in [-0.1, -0.05) is 0 Å². The standard InChI is InChI=1S/C4H6O3/c5-3-1-2-7-4(3)6/h3,5H,1-2H2. The average molecular weight is 102 g/mol. The summed E-state index contributed by atoms with van der Waals surface area (Å²) in [5.41, 5.74) is 0. The van der Waals surface area contributed by atoms with Crippen LogP contribution in [0.4, 0.5) is 0 Å². The average Bonchev–Trinajstić information content (AvgIpc) is 1.91. The zero-order chi connectivity index (χ0) is 5.28. The van der Waals surface area contributed by atoms with Crippen molar-refractivity contribution >= 4 is 5.97 Å². The van der Waals surface area contributed by atoms with Gasteiger partial charge in [0, 0.05) is 6.42 Å². The van der Waals surface area contributed by atoms with Crippen LogP contribution in [0.25, 0.3) is 0 Å². The van der Waals surface area contributed by atoms with Gasteiger partial charge in [0.25, 0.3) is 0 Å². The maximum absolute atomic E-state index is 10.1.